The lowest BCUT2D eigenvalue weighted by molar-refractivity contribution is 0.0950. The predicted molar refractivity (Wildman–Crippen MR) is 92.0 cm³/mol. The molecule has 0 atom stereocenters. The zero-order chi connectivity index (χ0) is 17.9. The summed E-state index contributed by atoms with van der Waals surface area (Å²) in [7, 11) is -3.91. The highest BCUT2D eigenvalue weighted by molar-refractivity contribution is 7.89. The van der Waals surface area contributed by atoms with Crippen LogP contribution in [0.2, 0.25) is 0 Å². The van der Waals surface area contributed by atoms with E-state index in [1.807, 2.05) is 30.3 Å². The van der Waals surface area contributed by atoms with Crippen molar-refractivity contribution < 1.29 is 17.6 Å². The quantitative estimate of drug-likeness (QED) is 0.889. The van der Waals surface area contributed by atoms with Crippen LogP contribution in [0, 0.1) is 5.82 Å². The van der Waals surface area contributed by atoms with Crippen molar-refractivity contribution in [1.29, 1.82) is 0 Å². The maximum atomic E-state index is 14.1. The summed E-state index contributed by atoms with van der Waals surface area (Å²) in [5.74, 6) is -1.28. The Morgan fingerprint density at radius 3 is 2.44 bits per heavy atom. The lowest BCUT2D eigenvalue weighted by Gasteiger charge is -2.16. The van der Waals surface area contributed by atoms with Gasteiger partial charge in [0.15, 0.2) is 0 Å². The zero-order valence-electron chi connectivity index (χ0n) is 13.6. The van der Waals surface area contributed by atoms with Gasteiger partial charge in [-0.2, -0.15) is 4.31 Å². The van der Waals surface area contributed by atoms with Gasteiger partial charge in [0.2, 0.25) is 10.0 Å². The molecular weight excluding hydrogens is 343 g/mol. The second-order valence-electron chi connectivity index (χ2n) is 5.92. The van der Waals surface area contributed by atoms with Gasteiger partial charge in [-0.3, -0.25) is 4.79 Å². The first-order chi connectivity index (χ1) is 12.0. The highest BCUT2D eigenvalue weighted by atomic mass is 32.2. The van der Waals surface area contributed by atoms with Crippen LogP contribution in [0.4, 0.5) is 4.39 Å². The molecule has 2 aromatic rings. The summed E-state index contributed by atoms with van der Waals surface area (Å²) < 4.78 is 40.5. The van der Waals surface area contributed by atoms with Crippen molar-refractivity contribution in [3.8, 4) is 0 Å². The van der Waals surface area contributed by atoms with Crippen molar-refractivity contribution in [2.45, 2.75) is 24.3 Å². The van der Waals surface area contributed by atoms with Gasteiger partial charge in [-0.1, -0.05) is 30.3 Å². The van der Waals surface area contributed by atoms with Gasteiger partial charge in [0.1, 0.15) is 10.7 Å². The minimum Gasteiger partial charge on any atom is -0.348 e. The second-order valence-corrected chi connectivity index (χ2v) is 7.83. The minimum atomic E-state index is -3.91. The summed E-state index contributed by atoms with van der Waals surface area (Å²) in [6.07, 6.45) is 1.52. The summed E-state index contributed by atoms with van der Waals surface area (Å²) >= 11 is 0. The number of halogens is 1. The van der Waals surface area contributed by atoms with Crippen LogP contribution in [0.5, 0.6) is 0 Å². The van der Waals surface area contributed by atoms with E-state index in [4.69, 9.17) is 0 Å². The molecule has 1 N–H and O–H groups in total. The average molecular weight is 362 g/mol. The molecule has 0 aromatic heterocycles. The summed E-state index contributed by atoms with van der Waals surface area (Å²) in [5, 5.41) is 2.71. The molecule has 0 bridgehead atoms. The van der Waals surface area contributed by atoms with E-state index in [1.54, 1.807) is 0 Å². The molecule has 1 amide bonds. The number of carbonyl (C=O) groups is 1. The number of hydrogen-bond acceptors (Lipinski definition) is 3. The molecule has 1 heterocycles. The largest absolute Gasteiger partial charge is 0.348 e. The van der Waals surface area contributed by atoms with Gasteiger partial charge in [0.25, 0.3) is 5.91 Å². The molecule has 0 aliphatic carbocycles. The van der Waals surface area contributed by atoms with Crippen LogP contribution in [0.25, 0.3) is 0 Å². The summed E-state index contributed by atoms with van der Waals surface area (Å²) in [5.41, 5.74) is 1.04. The molecule has 25 heavy (non-hydrogen) atoms. The number of hydrogen-bond donors (Lipinski definition) is 1. The van der Waals surface area contributed by atoms with E-state index >= 15 is 0 Å². The summed E-state index contributed by atoms with van der Waals surface area (Å²) in [6.45, 7) is 1.07. The molecule has 2 aromatic carbocycles. The fourth-order valence-corrected chi connectivity index (χ4v) is 4.40. The number of amides is 1. The molecule has 1 fully saturated rings. The number of nitrogens with one attached hydrogen (secondary N) is 1. The Kier molecular flexibility index (Phi) is 5.15. The van der Waals surface area contributed by atoms with Crippen molar-refractivity contribution >= 4 is 15.9 Å². The van der Waals surface area contributed by atoms with E-state index in [0.717, 1.165) is 30.5 Å². The Balaban J connectivity index is 1.80. The SMILES string of the molecule is O=C(NCc1ccccc1)c1ccc(F)c(S(=O)(=O)N2CCCC2)c1. The zero-order valence-corrected chi connectivity index (χ0v) is 14.4. The van der Waals surface area contributed by atoms with Crippen molar-refractivity contribution in [2.24, 2.45) is 0 Å². The van der Waals surface area contributed by atoms with Crippen LogP contribution in [-0.2, 0) is 16.6 Å². The van der Waals surface area contributed by atoms with Crippen LogP contribution < -0.4 is 5.32 Å². The van der Waals surface area contributed by atoms with Crippen LogP contribution in [-0.4, -0.2) is 31.7 Å². The van der Waals surface area contributed by atoms with Crippen molar-refractivity contribution in [3.05, 3.63) is 65.5 Å². The third-order valence-electron chi connectivity index (χ3n) is 4.17. The van der Waals surface area contributed by atoms with E-state index < -0.39 is 26.6 Å². The Morgan fingerprint density at radius 1 is 1.08 bits per heavy atom. The second kappa shape index (κ2) is 7.33. The highest BCUT2D eigenvalue weighted by Gasteiger charge is 2.30. The molecule has 0 unspecified atom stereocenters. The van der Waals surface area contributed by atoms with Gasteiger partial charge in [-0.05, 0) is 36.6 Å². The van der Waals surface area contributed by atoms with Gasteiger partial charge in [-0.25, -0.2) is 12.8 Å². The van der Waals surface area contributed by atoms with Crippen molar-refractivity contribution in [2.75, 3.05) is 13.1 Å². The van der Waals surface area contributed by atoms with Crippen LogP contribution >= 0.6 is 0 Å². The molecule has 1 saturated heterocycles. The van der Waals surface area contributed by atoms with Crippen LogP contribution in [0.3, 0.4) is 0 Å². The molecule has 132 valence electrons. The average Bonchev–Trinajstić information content (AvgIpc) is 3.16. The predicted octanol–water partition coefficient (Wildman–Crippen LogP) is 2.54. The minimum absolute atomic E-state index is 0.120. The van der Waals surface area contributed by atoms with E-state index in [-0.39, 0.29) is 5.56 Å². The van der Waals surface area contributed by atoms with E-state index in [0.29, 0.717) is 19.6 Å². The first-order valence-electron chi connectivity index (χ1n) is 8.10. The fourth-order valence-electron chi connectivity index (χ4n) is 2.79. The number of rotatable bonds is 5. The van der Waals surface area contributed by atoms with E-state index in [9.17, 15) is 17.6 Å². The molecule has 3 rings (SSSR count). The van der Waals surface area contributed by atoms with Crippen LogP contribution in [0.15, 0.2) is 53.4 Å². The molecule has 0 saturated carbocycles. The first-order valence-corrected chi connectivity index (χ1v) is 9.54. The van der Waals surface area contributed by atoms with Crippen molar-refractivity contribution in [1.82, 2.24) is 9.62 Å². The topological polar surface area (TPSA) is 66.5 Å². The molecular formula is C18H19FN2O3S. The Morgan fingerprint density at radius 2 is 1.76 bits per heavy atom. The molecule has 0 radical (unpaired) electrons. The third kappa shape index (κ3) is 3.88. The fraction of sp³-hybridized carbons (Fsp3) is 0.278. The van der Waals surface area contributed by atoms with Crippen LogP contribution in [0.1, 0.15) is 28.8 Å². The molecule has 5 nitrogen and oxygen atoms in total. The maximum absolute atomic E-state index is 14.1. The van der Waals surface area contributed by atoms with E-state index in [2.05, 4.69) is 5.32 Å². The number of nitrogens with zero attached hydrogens (tertiary/aromatic N) is 1. The number of carbonyl (C=O) groups excluding carboxylic acids is 1. The van der Waals surface area contributed by atoms with Gasteiger partial charge >= 0.3 is 0 Å². The normalized spacial score (nSPS) is 15.2. The Hall–Kier alpha value is -2.25. The van der Waals surface area contributed by atoms with Gasteiger partial charge in [0, 0.05) is 25.2 Å². The van der Waals surface area contributed by atoms with Gasteiger partial charge in [0.05, 0.1) is 0 Å². The summed E-state index contributed by atoms with van der Waals surface area (Å²) in [6, 6.07) is 12.8. The first kappa shape index (κ1) is 17.6. The molecule has 1 aliphatic rings. The maximum Gasteiger partial charge on any atom is 0.251 e. The van der Waals surface area contributed by atoms with Gasteiger partial charge < -0.3 is 5.32 Å². The lowest BCUT2D eigenvalue weighted by Crippen LogP contribution is -2.29. The smallest absolute Gasteiger partial charge is 0.251 e. The molecule has 7 heteroatoms. The standard InChI is InChI=1S/C18H19FN2O3S/c19-16-9-8-15(18(22)20-13-14-6-2-1-3-7-14)12-17(16)25(23,24)21-10-4-5-11-21/h1-3,6-9,12H,4-5,10-11,13H2,(H,20,22). The molecule has 0 spiro atoms. The highest BCUT2D eigenvalue weighted by Crippen LogP contribution is 2.24. The number of benzene rings is 2. The summed E-state index contributed by atoms with van der Waals surface area (Å²) in [4.78, 5) is 11.8. The van der Waals surface area contributed by atoms with Gasteiger partial charge in [-0.15, -0.1) is 0 Å². The molecule has 1 aliphatic heterocycles. The monoisotopic (exact) mass is 362 g/mol. The Bertz CT molecular complexity index is 863. The van der Waals surface area contributed by atoms with E-state index in [1.165, 1.54) is 10.4 Å². The Labute approximate surface area is 146 Å². The van der Waals surface area contributed by atoms with Crippen molar-refractivity contribution in [3.63, 3.8) is 0 Å². The lowest BCUT2D eigenvalue weighted by atomic mass is 10.2. The number of sulfonamides is 1. The third-order valence-corrected chi connectivity index (χ3v) is 6.09.